The molecule has 0 radical (unpaired) electrons. The fourth-order valence-corrected chi connectivity index (χ4v) is 7.36. The molecule has 0 spiro atoms. The molecule has 0 fully saturated rings. The van der Waals surface area contributed by atoms with Gasteiger partial charge in [0.2, 0.25) is 0 Å². The summed E-state index contributed by atoms with van der Waals surface area (Å²) in [5.74, 6) is 0. The molecule has 0 aliphatic heterocycles. The van der Waals surface area contributed by atoms with Gasteiger partial charge in [0.05, 0.1) is 0 Å². The van der Waals surface area contributed by atoms with Gasteiger partial charge in [-0.1, -0.05) is 164 Å². The zero-order valence-electron chi connectivity index (χ0n) is 24.2. The summed E-state index contributed by atoms with van der Waals surface area (Å²) in [7, 11) is 0. The molecule has 0 heterocycles. The molecule has 204 valence electrons. The van der Waals surface area contributed by atoms with Crippen molar-refractivity contribution in [1.82, 2.24) is 0 Å². The van der Waals surface area contributed by atoms with Crippen LogP contribution in [0.5, 0.6) is 0 Å². The Morgan fingerprint density at radius 1 is 0.205 bits per heavy atom. The Morgan fingerprint density at radius 2 is 0.591 bits per heavy atom. The van der Waals surface area contributed by atoms with Gasteiger partial charge in [-0.3, -0.25) is 0 Å². The van der Waals surface area contributed by atoms with Gasteiger partial charge in [-0.2, -0.15) is 0 Å². The van der Waals surface area contributed by atoms with Gasteiger partial charge in [-0.05, 0) is 93.3 Å². The summed E-state index contributed by atoms with van der Waals surface area (Å²) < 4.78 is 0. The van der Waals surface area contributed by atoms with E-state index in [1.807, 2.05) is 0 Å². The van der Waals surface area contributed by atoms with Crippen LogP contribution < -0.4 is 0 Å². The zero-order valence-corrected chi connectivity index (χ0v) is 24.2. The van der Waals surface area contributed by atoms with E-state index in [1.54, 1.807) is 0 Å². The first-order valence-electron chi connectivity index (χ1n) is 15.3. The lowest BCUT2D eigenvalue weighted by Gasteiger charge is -2.20. The fourth-order valence-electron chi connectivity index (χ4n) is 7.36. The first kappa shape index (κ1) is 24.8. The summed E-state index contributed by atoms with van der Waals surface area (Å²) in [5, 5.41) is 12.9. The van der Waals surface area contributed by atoms with Gasteiger partial charge >= 0.3 is 0 Å². The maximum Gasteiger partial charge on any atom is -0.00201 e. The normalized spacial score (nSPS) is 11.6. The maximum absolute atomic E-state index is 2.43. The molecule has 0 nitrogen and oxygen atoms in total. The number of hydrogen-bond donors (Lipinski definition) is 0. The molecule has 9 aromatic rings. The summed E-state index contributed by atoms with van der Waals surface area (Å²) in [6, 6.07) is 62.2. The number of benzene rings is 9. The lowest BCUT2D eigenvalue weighted by Crippen LogP contribution is -1.93. The van der Waals surface area contributed by atoms with E-state index in [9.17, 15) is 0 Å². The monoisotopic (exact) mass is 556 g/mol. The van der Waals surface area contributed by atoms with Crippen molar-refractivity contribution in [3.8, 4) is 33.4 Å². The lowest BCUT2D eigenvalue weighted by atomic mass is 9.83. The van der Waals surface area contributed by atoms with Crippen molar-refractivity contribution in [3.05, 3.63) is 170 Å². The van der Waals surface area contributed by atoms with E-state index < -0.39 is 0 Å². The highest BCUT2D eigenvalue weighted by Crippen LogP contribution is 2.47. The van der Waals surface area contributed by atoms with Crippen LogP contribution in [0.3, 0.4) is 0 Å². The molecule has 9 rings (SSSR count). The van der Waals surface area contributed by atoms with E-state index >= 15 is 0 Å². The highest BCUT2D eigenvalue weighted by Gasteiger charge is 2.19. The average Bonchev–Trinajstić information content (AvgIpc) is 3.11. The van der Waals surface area contributed by atoms with Crippen LogP contribution in [-0.2, 0) is 0 Å². The molecule has 9 aromatic carbocycles. The SMILES string of the molecule is c1ccc(-c2ccccc2-c2c3ccccc3c(-c3ccc4c5ccccc5c5ccccc5c4c3)c3ccccc23)cc1. The molecule has 0 aliphatic rings. The smallest absolute Gasteiger partial charge is 0.00201 e. The number of hydrogen-bond acceptors (Lipinski definition) is 0. The van der Waals surface area contributed by atoms with Gasteiger partial charge in [0.1, 0.15) is 0 Å². The minimum Gasteiger partial charge on any atom is -0.0622 e. The molecule has 0 saturated heterocycles. The van der Waals surface area contributed by atoms with E-state index in [0.29, 0.717) is 0 Å². The first-order valence-corrected chi connectivity index (χ1v) is 15.3. The van der Waals surface area contributed by atoms with E-state index in [1.165, 1.54) is 87.2 Å². The molecule has 0 atom stereocenters. The van der Waals surface area contributed by atoms with E-state index in [0.717, 1.165) is 0 Å². The Hall–Kier alpha value is -5.72. The summed E-state index contributed by atoms with van der Waals surface area (Å²) in [5.41, 5.74) is 7.56. The largest absolute Gasteiger partial charge is 0.0622 e. The van der Waals surface area contributed by atoms with E-state index in [2.05, 4.69) is 170 Å². The minimum absolute atomic E-state index is 1.23. The van der Waals surface area contributed by atoms with Crippen molar-refractivity contribution >= 4 is 53.9 Å². The molecular weight excluding hydrogens is 528 g/mol. The van der Waals surface area contributed by atoms with Crippen LogP contribution >= 0.6 is 0 Å². The molecule has 0 aliphatic carbocycles. The summed E-state index contributed by atoms with van der Waals surface area (Å²) >= 11 is 0. The van der Waals surface area contributed by atoms with Crippen LogP contribution in [0.25, 0.3) is 87.2 Å². The second-order valence-corrected chi connectivity index (χ2v) is 11.6. The summed E-state index contributed by atoms with van der Waals surface area (Å²) in [6.07, 6.45) is 0. The molecule has 0 amide bonds. The van der Waals surface area contributed by atoms with Crippen LogP contribution in [0.2, 0.25) is 0 Å². The van der Waals surface area contributed by atoms with Gasteiger partial charge in [-0.25, -0.2) is 0 Å². The Kier molecular flexibility index (Phi) is 5.61. The van der Waals surface area contributed by atoms with Gasteiger partial charge in [-0.15, -0.1) is 0 Å². The molecular formula is C44H28. The molecule has 0 bridgehead atoms. The second kappa shape index (κ2) is 9.93. The Bertz CT molecular complexity index is 2440. The standard InChI is InChI=1S/C44H28/c1-2-14-29(15-3-1)31-16-4-9-21-37(31)44-40-24-12-10-22-38(40)43(39-23-11-13-25-41(39)44)30-26-27-36-34-19-6-5-17-32(34)33-18-7-8-20-35(33)42(36)28-30/h1-28H. The third-order valence-corrected chi connectivity index (χ3v) is 9.25. The third-order valence-electron chi connectivity index (χ3n) is 9.25. The predicted octanol–water partition coefficient (Wildman–Crippen LogP) is 12.5. The molecule has 0 saturated carbocycles. The molecule has 0 aromatic heterocycles. The van der Waals surface area contributed by atoms with E-state index in [-0.39, 0.29) is 0 Å². The minimum atomic E-state index is 1.23. The van der Waals surface area contributed by atoms with Crippen molar-refractivity contribution in [2.45, 2.75) is 0 Å². The summed E-state index contributed by atoms with van der Waals surface area (Å²) in [4.78, 5) is 0. The van der Waals surface area contributed by atoms with Gasteiger partial charge < -0.3 is 0 Å². The highest BCUT2D eigenvalue weighted by molar-refractivity contribution is 6.27. The van der Waals surface area contributed by atoms with E-state index in [4.69, 9.17) is 0 Å². The van der Waals surface area contributed by atoms with Crippen molar-refractivity contribution in [2.24, 2.45) is 0 Å². The third kappa shape index (κ3) is 3.71. The number of rotatable bonds is 3. The van der Waals surface area contributed by atoms with Crippen molar-refractivity contribution < 1.29 is 0 Å². The second-order valence-electron chi connectivity index (χ2n) is 11.6. The van der Waals surface area contributed by atoms with Gasteiger partial charge in [0.15, 0.2) is 0 Å². The fraction of sp³-hybridized carbons (Fsp3) is 0. The Labute approximate surface area is 256 Å². The Morgan fingerprint density at radius 3 is 1.14 bits per heavy atom. The average molecular weight is 557 g/mol. The molecule has 44 heavy (non-hydrogen) atoms. The number of fused-ring (bicyclic) bond motifs is 8. The van der Waals surface area contributed by atoms with Gasteiger partial charge in [0.25, 0.3) is 0 Å². The topological polar surface area (TPSA) is 0 Å². The van der Waals surface area contributed by atoms with Gasteiger partial charge in [0, 0.05) is 0 Å². The van der Waals surface area contributed by atoms with Crippen LogP contribution in [0.4, 0.5) is 0 Å². The van der Waals surface area contributed by atoms with Crippen LogP contribution in [0.15, 0.2) is 170 Å². The summed E-state index contributed by atoms with van der Waals surface area (Å²) in [6.45, 7) is 0. The van der Waals surface area contributed by atoms with Crippen molar-refractivity contribution in [2.75, 3.05) is 0 Å². The van der Waals surface area contributed by atoms with Crippen molar-refractivity contribution in [3.63, 3.8) is 0 Å². The van der Waals surface area contributed by atoms with Crippen molar-refractivity contribution in [1.29, 1.82) is 0 Å². The lowest BCUT2D eigenvalue weighted by molar-refractivity contribution is 1.61. The van der Waals surface area contributed by atoms with Crippen LogP contribution in [0, 0.1) is 0 Å². The molecule has 0 unspecified atom stereocenters. The highest BCUT2D eigenvalue weighted by atomic mass is 14.2. The maximum atomic E-state index is 2.43. The Balaban J connectivity index is 1.40. The zero-order chi connectivity index (χ0) is 29.0. The van der Waals surface area contributed by atoms with Crippen LogP contribution in [0.1, 0.15) is 0 Å². The molecule has 0 N–H and O–H groups in total. The van der Waals surface area contributed by atoms with Crippen LogP contribution in [-0.4, -0.2) is 0 Å². The predicted molar refractivity (Wildman–Crippen MR) is 190 cm³/mol. The first-order chi connectivity index (χ1) is 21.9. The molecule has 0 heteroatoms. The quantitative estimate of drug-likeness (QED) is 0.150.